The molecule has 146 valence electrons. The van der Waals surface area contributed by atoms with Gasteiger partial charge in [-0.3, -0.25) is 10.1 Å². The molecule has 0 radical (unpaired) electrons. The lowest BCUT2D eigenvalue weighted by Gasteiger charge is -2.15. The van der Waals surface area contributed by atoms with Crippen molar-refractivity contribution in [1.82, 2.24) is 0 Å². The molecule has 0 bridgehead atoms. The molecule has 4 aromatic rings. The highest BCUT2D eigenvalue weighted by Gasteiger charge is 2.26. The van der Waals surface area contributed by atoms with Gasteiger partial charge in [0.15, 0.2) is 5.69 Å². The molecule has 0 unspecified atom stereocenters. The zero-order valence-electron chi connectivity index (χ0n) is 16.0. The first-order chi connectivity index (χ1) is 14.6. The predicted molar refractivity (Wildman–Crippen MR) is 119 cm³/mol. The van der Waals surface area contributed by atoms with Crippen molar-refractivity contribution < 1.29 is 4.92 Å². The van der Waals surface area contributed by atoms with E-state index in [1.54, 1.807) is 18.2 Å². The molecule has 4 aromatic carbocycles. The average molecular weight is 394 g/mol. The monoisotopic (exact) mass is 394 g/mol. The minimum absolute atomic E-state index is 0.0644. The molecule has 0 atom stereocenters. The summed E-state index contributed by atoms with van der Waals surface area (Å²) < 4.78 is 0. The fraction of sp³-hybridized carbons (Fsp3) is 0. The summed E-state index contributed by atoms with van der Waals surface area (Å²) in [5.41, 5.74) is 9.93. The van der Waals surface area contributed by atoms with Crippen LogP contribution in [0.5, 0.6) is 0 Å². The predicted octanol–water partition coefficient (Wildman–Crippen LogP) is 6.93. The quantitative estimate of drug-likeness (QED) is 0.172. The fourth-order valence-corrected chi connectivity index (χ4v) is 3.31. The van der Waals surface area contributed by atoms with Crippen LogP contribution in [0.4, 0.5) is 22.7 Å². The van der Waals surface area contributed by atoms with Gasteiger partial charge in [-0.1, -0.05) is 78.9 Å². The number of anilines is 1. The summed E-state index contributed by atoms with van der Waals surface area (Å²) in [6, 6.07) is 29.7. The first kappa shape index (κ1) is 19.0. The van der Waals surface area contributed by atoms with E-state index in [0.717, 1.165) is 16.7 Å². The number of nitrogen functional groups attached to an aromatic ring is 1. The Kier molecular flexibility index (Phi) is 5.30. The first-order valence-electron chi connectivity index (χ1n) is 9.33. The number of rotatable bonds is 5. The zero-order valence-corrected chi connectivity index (χ0v) is 16.0. The maximum absolute atomic E-state index is 11.9. The topological polar surface area (TPSA) is 93.9 Å². The number of benzene rings is 4. The van der Waals surface area contributed by atoms with Gasteiger partial charge in [-0.25, -0.2) is 0 Å². The number of hydrogen-bond acceptors (Lipinski definition) is 5. The minimum Gasteiger partial charge on any atom is -0.393 e. The largest absolute Gasteiger partial charge is 0.393 e. The Morgan fingerprint density at radius 2 is 1.27 bits per heavy atom. The van der Waals surface area contributed by atoms with Crippen molar-refractivity contribution in [2.24, 2.45) is 10.2 Å². The summed E-state index contributed by atoms with van der Waals surface area (Å²) >= 11 is 0. The van der Waals surface area contributed by atoms with Gasteiger partial charge in [-0.05, 0) is 34.9 Å². The molecule has 6 heteroatoms. The van der Waals surface area contributed by atoms with Crippen molar-refractivity contribution in [1.29, 1.82) is 0 Å². The molecule has 6 nitrogen and oxygen atoms in total. The molecule has 4 rings (SSSR count). The van der Waals surface area contributed by atoms with Crippen LogP contribution in [-0.2, 0) is 0 Å². The molecular weight excluding hydrogens is 376 g/mol. The molecule has 0 aliphatic carbocycles. The van der Waals surface area contributed by atoms with Crippen LogP contribution in [0.3, 0.4) is 0 Å². The highest BCUT2D eigenvalue weighted by atomic mass is 16.6. The molecule has 30 heavy (non-hydrogen) atoms. The van der Waals surface area contributed by atoms with Gasteiger partial charge in [0.2, 0.25) is 0 Å². The van der Waals surface area contributed by atoms with Crippen LogP contribution >= 0.6 is 0 Å². The van der Waals surface area contributed by atoms with Crippen LogP contribution in [-0.4, -0.2) is 4.92 Å². The number of nitro benzene ring substituents is 1. The van der Waals surface area contributed by atoms with Gasteiger partial charge in [-0.15, -0.1) is 5.11 Å². The highest BCUT2D eigenvalue weighted by molar-refractivity contribution is 5.98. The van der Waals surface area contributed by atoms with E-state index in [9.17, 15) is 10.1 Å². The van der Waals surface area contributed by atoms with E-state index in [2.05, 4.69) is 10.2 Å². The molecule has 0 spiro atoms. The third kappa shape index (κ3) is 3.79. The van der Waals surface area contributed by atoms with Crippen molar-refractivity contribution >= 4 is 22.7 Å². The molecule has 0 aliphatic rings. The van der Waals surface area contributed by atoms with Gasteiger partial charge in [0.1, 0.15) is 5.69 Å². The van der Waals surface area contributed by atoms with E-state index >= 15 is 0 Å². The van der Waals surface area contributed by atoms with Crippen molar-refractivity contribution in [2.75, 3.05) is 5.73 Å². The second-order valence-corrected chi connectivity index (χ2v) is 6.61. The molecule has 0 aromatic heterocycles. The maximum Gasteiger partial charge on any atom is 0.320 e. The summed E-state index contributed by atoms with van der Waals surface area (Å²) in [6.45, 7) is 0. The Balaban J connectivity index is 1.99. The summed E-state index contributed by atoms with van der Waals surface area (Å²) in [5, 5.41) is 20.3. The average Bonchev–Trinajstić information content (AvgIpc) is 2.79. The lowest BCUT2D eigenvalue weighted by Crippen LogP contribution is -2.01. The highest BCUT2D eigenvalue weighted by Crippen LogP contribution is 2.47. The second-order valence-electron chi connectivity index (χ2n) is 6.61. The summed E-state index contributed by atoms with van der Waals surface area (Å²) in [6.07, 6.45) is 0. The summed E-state index contributed by atoms with van der Waals surface area (Å²) in [4.78, 5) is 11.4. The van der Waals surface area contributed by atoms with Crippen LogP contribution in [0, 0.1) is 10.1 Å². The Bertz CT molecular complexity index is 1210. The Labute approximate surface area is 173 Å². The van der Waals surface area contributed by atoms with E-state index in [1.807, 2.05) is 78.9 Å². The number of hydrogen-bond donors (Lipinski definition) is 1. The van der Waals surface area contributed by atoms with E-state index in [0.29, 0.717) is 11.3 Å². The van der Waals surface area contributed by atoms with Crippen molar-refractivity contribution in [3.05, 3.63) is 107 Å². The number of nitrogens with two attached hydrogens (primary N) is 1. The molecule has 0 amide bonds. The Hall–Kier alpha value is -4.32. The van der Waals surface area contributed by atoms with Crippen LogP contribution in [0.2, 0.25) is 0 Å². The van der Waals surface area contributed by atoms with E-state index in [-0.39, 0.29) is 17.1 Å². The summed E-state index contributed by atoms with van der Waals surface area (Å²) in [7, 11) is 0. The lowest BCUT2D eigenvalue weighted by molar-refractivity contribution is -0.383. The first-order valence-corrected chi connectivity index (χ1v) is 9.33. The van der Waals surface area contributed by atoms with Gasteiger partial charge in [0.25, 0.3) is 0 Å². The number of azo groups is 1. The van der Waals surface area contributed by atoms with Crippen molar-refractivity contribution in [3.8, 4) is 22.3 Å². The van der Waals surface area contributed by atoms with Crippen molar-refractivity contribution in [3.63, 3.8) is 0 Å². The van der Waals surface area contributed by atoms with Crippen LogP contribution < -0.4 is 5.73 Å². The number of nitrogens with zero attached hydrogens (tertiary/aromatic N) is 3. The van der Waals surface area contributed by atoms with Crippen molar-refractivity contribution in [2.45, 2.75) is 0 Å². The van der Waals surface area contributed by atoms with E-state index in [4.69, 9.17) is 5.73 Å². The lowest BCUT2D eigenvalue weighted by atomic mass is 9.91. The molecule has 0 fully saturated rings. The molecular formula is C24H18N4O2. The minimum atomic E-state index is -0.504. The molecule has 2 N–H and O–H groups in total. The van der Waals surface area contributed by atoms with Gasteiger partial charge >= 0.3 is 5.69 Å². The fourth-order valence-electron chi connectivity index (χ4n) is 3.31. The number of nitro groups is 1. The zero-order chi connectivity index (χ0) is 20.9. The molecule has 0 saturated heterocycles. The second kappa shape index (κ2) is 8.36. The molecule has 0 saturated carbocycles. The Morgan fingerprint density at radius 3 is 1.83 bits per heavy atom. The molecule has 0 heterocycles. The standard InChI is InChI=1S/C24H18N4O2/c25-23-22(18-12-6-2-7-13-18)20(17-10-4-1-5-11-17)16-21(24(23)28(29)30)27-26-19-14-8-3-9-15-19/h1-16H,25H2. The van der Waals surface area contributed by atoms with Gasteiger partial charge in [-0.2, -0.15) is 5.11 Å². The van der Waals surface area contributed by atoms with Crippen LogP contribution in [0.25, 0.3) is 22.3 Å². The van der Waals surface area contributed by atoms with Gasteiger partial charge in [0, 0.05) is 5.56 Å². The summed E-state index contributed by atoms with van der Waals surface area (Å²) in [5.74, 6) is 0. The van der Waals surface area contributed by atoms with Crippen LogP contribution in [0.1, 0.15) is 0 Å². The maximum atomic E-state index is 11.9. The van der Waals surface area contributed by atoms with E-state index < -0.39 is 4.92 Å². The normalized spacial score (nSPS) is 10.9. The van der Waals surface area contributed by atoms with E-state index in [1.165, 1.54) is 0 Å². The van der Waals surface area contributed by atoms with Crippen LogP contribution in [0.15, 0.2) is 107 Å². The Morgan fingerprint density at radius 1 is 0.733 bits per heavy atom. The van der Waals surface area contributed by atoms with Gasteiger partial charge < -0.3 is 5.73 Å². The van der Waals surface area contributed by atoms with Gasteiger partial charge in [0.05, 0.1) is 10.6 Å². The third-order valence-electron chi connectivity index (χ3n) is 4.68. The third-order valence-corrected chi connectivity index (χ3v) is 4.68. The molecule has 0 aliphatic heterocycles. The SMILES string of the molecule is Nc1c(-c2ccccc2)c(-c2ccccc2)cc(N=Nc2ccccc2)c1[N+](=O)[O-]. The smallest absolute Gasteiger partial charge is 0.320 e.